The van der Waals surface area contributed by atoms with Crippen molar-refractivity contribution in [3.8, 4) is 0 Å². The summed E-state index contributed by atoms with van der Waals surface area (Å²) in [6.07, 6.45) is 2.22. The van der Waals surface area contributed by atoms with E-state index in [0.717, 1.165) is 17.2 Å². The molecule has 0 aromatic heterocycles. The minimum atomic E-state index is -5.42. The molecule has 1 unspecified atom stereocenters. The molecule has 2 nitrogen and oxygen atoms in total. The van der Waals surface area contributed by atoms with Crippen LogP contribution in [-0.4, -0.2) is 25.7 Å². The first-order valence-corrected chi connectivity index (χ1v) is 28.2. The Morgan fingerprint density at radius 2 is 1.28 bits per heavy atom. The van der Waals surface area contributed by atoms with E-state index in [1.807, 2.05) is 25.1 Å². The van der Waals surface area contributed by atoms with Crippen molar-refractivity contribution in [2.75, 3.05) is 0 Å². The van der Waals surface area contributed by atoms with Gasteiger partial charge in [-0.25, -0.2) is 0 Å². The SMILES string of the molecule is CC1=[N+](C(C)C)C(c2ccccc2)C=C(c2ccccc2)O1.[Cl][Sb-]([Cl])([Cl])([Cl])([Cl])[Cl]. The standard InChI is InChI=1S/C20H22NO.6ClH.Sb/c1-15(2)21-16(3)22-20(18-12-8-5-9-13-18)14-19(21)17-10-6-4-7-11-17;;;;;;;/h4-15,19H,1-3H3;6*1H;/q+1;;;;;;;+5/p-6. The third-order valence-corrected chi connectivity index (χ3v) is 3.99. The summed E-state index contributed by atoms with van der Waals surface area (Å²) in [6, 6.07) is 21.5. The van der Waals surface area contributed by atoms with Gasteiger partial charge in [-0.2, -0.15) is 4.58 Å². The third kappa shape index (κ3) is 9.91. The third-order valence-electron chi connectivity index (χ3n) is 3.99. The van der Waals surface area contributed by atoms with Crippen LogP contribution in [0.4, 0.5) is 0 Å². The van der Waals surface area contributed by atoms with Crippen molar-refractivity contribution in [1.82, 2.24) is 0 Å². The van der Waals surface area contributed by atoms with Crippen molar-refractivity contribution in [2.45, 2.75) is 32.9 Å². The van der Waals surface area contributed by atoms with Gasteiger partial charge < -0.3 is 4.74 Å². The van der Waals surface area contributed by atoms with Crippen LogP contribution in [0, 0.1) is 0 Å². The Labute approximate surface area is 192 Å². The molecule has 0 spiro atoms. The van der Waals surface area contributed by atoms with E-state index in [1.165, 1.54) is 5.56 Å². The predicted octanol–water partition coefficient (Wildman–Crippen LogP) is 8.39. The van der Waals surface area contributed by atoms with Gasteiger partial charge in [-0.1, -0.05) is 60.7 Å². The zero-order valence-electron chi connectivity index (χ0n) is 16.1. The van der Waals surface area contributed by atoms with Gasteiger partial charge in [0.1, 0.15) is 5.76 Å². The molecule has 3 rings (SSSR count). The number of halogens is 6. The molecule has 2 aromatic carbocycles. The topological polar surface area (TPSA) is 12.2 Å². The fraction of sp³-hybridized carbons (Fsp3) is 0.250. The van der Waals surface area contributed by atoms with Crippen LogP contribution in [0.5, 0.6) is 0 Å². The van der Waals surface area contributed by atoms with Gasteiger partial charge in [0.05, 0.1) is 6.92 Å². The summed E-state index contributed by atoms with van der Waals surface area (Å²) in [4.78, 5) is 0. The molecule has 0 aliphatic carbocycles. The summed E-state index contributed by atoms with van der Waals surface area (Å²) in [7, 11) is 25.0. The van der Waals surface area contributed by atoms with Crippen molar-refractivity contribution in [2.24, 2.45) is 0 Å². The molecule has 1 atom stereocenters. The molecule has 1 heterocycles. The van der Waals surface area contributed by atoms with E-state index < -0.39 is 9.14 Å². The van der Waals surface area contributed by atoms with Gasteiger partial charge in [0.2, 0.25) is 6.04 Å². The van der Waals surface area contributed by atoms with Crippen LogP contribution in [-0.2, 0) is 4.74 Å². The number of benzene rings is 2. The summed E-state index contributed by atoms with van der Waals surface area (Å²) in [6.45, 7) is 6.44. The summed E-state index contributed by atoms with van der Waals surface area (Å²) in [5.74, 6) is 1.88. The fourth-order valence-corrected chi connectivity index (χ4v) is 3.01. The average Bonchev–Trinajstić information content (AvgIpc) is 2.59. The van der Waals surface area contributed by atoms with E-state index >= 15 is 0 Å². The summed E-state index contributed by atoms with van der Waals surface area (Å²) in [5.41, 5.74) is 2.40. The first kappa shape index (κ1) is 25.5. The number of rotatable bonds is 3. The van der Waals surface area contributed by atoms with Gasteiger partial charge in [-0.05, 0) is 13.8 Å². The van der Waals surface area contributed by atoms with Crippen LogP contribution in [0.25, 0.3) is 5.76 Å². The van der Waals surface area contributed by atoms with Gasteiger partial charge in [0.25, 0.3) is 0 Å². The average molecular weight is 627 g/mol. The van der Waals surface area contributed by atoms with E-state index in [0.29, 0.717) is 6.04 Å². The zero-order chi connectivity index (χ0) is 21.9. The molecule has 1 aliphatic heterocycles. The molecule has 0 amide bonds. The summed E-state index contributed by atoms with van der Waals surface area (Å²) < 4.78 is 8.42. The number of nitrogens with zero attached hydrogens (tertiary/aromatic N) is 1. The van der Waals surface area contributed by atoms with Crippen LogP contribution < -0.4 is 0 Å². The molecule has 0 radical (unpaired) electrons. The molecule has 0 saturated carbocycles. The molecule has 9 heteroatoms. The van der Waals surface area contributed by atoms with Crippen LogP contribution in [0.15, 0.2) is 66.7 Å². The van der Waals surface area contributed by atoms with Gasteiger partial charge in [-0.3, -0.25) is 0 Å². The van der Waals surface area contributed by atoms with Crippen LogP contribution >= 0.6 is 53.0 Å². The van der Waals surface area contributed by atoms with Gasteiger partial charge >= 0.3 is 68.0 Å². The second-order valence-electron chi connectivity index (χ2n) is 6.83. The quantitative estimate of drug-likeness (QED) is 0.246. The Balaban J connectivity index is 0.000000370. The molecular weight excluding hydrogens is 605 g/mol. The van der Waals surface area contributed by atoms with Crippen molar-refractivity contribution in [3.63, 3.8) is 0 Å². The normalized spacial score (nSPS) is 19.4. The van der Waals surface area contributed by atoms with E-state index in [4.69, 9.17) is 57.7 Å². The number of ether oxygens (including phenoxy) is 1. The van der Waals surface area contributed by atoms with Gasteiger partial charge in [-0.15, -0.1) is 0 Å². The Morgan fingerprint density at radius 1 is 0.828 bits per heavy atom. The molecule has 160 valence electrons. The van der Waals surface area contributed by atoms with Crippen LogP contribution in [0.1, 0.15) is 37.9 Å². The number of hydrogen-bond acceptors (Lipinski definition) is 1. The van der Waals surface area contributed by atoms with E-state index in [-0.39, 0.29) is 6.04 Å². The van der Waals surface area contributed by atoms with E-state index in [2.05, 4.69) is 67.0 Å². The summed E-state index contributed by atoms with van der Waals surface area (Å²) >= 11 is 0. The first-order valence-electron chi connectivity index (χ1n) is 8.80. The molecule has 29 heavy (non-hydrogen) atoms. The molecule has 0 N–H and O–H groups in total. The maximum atomic E-state index is 6.10. The Bertz CT molecular complexity index is 895. The first-order chi connectivity index (χ1) is 13.1. The van der Waals surface area contributed by atoms with Crippen LogP contribution in [0.3, 0.4) is 0 Å². The second-order valence-corrected chi connectivity index (χ2v) is 63.7. The number of hydrogen-bond donors (Lipinski definition) is 0. The molecule has 0 fully saturated rings. The second kappa shape index (κ2) is 8.99. The van der Waals surface area contributed by atoms with E-state index in [1.54, 1.807) is 0 Å². The monoisotopic (exact) mass is 623 g/mol. The van der Waals surface area contributed by atoms with Gasteiger partial charge in [0, 0.05) is 17.2 Å². The minimum absolute atomic E-state index is 0.199. The van der Waals surface area contributed by atoms with Crippen molar-refractivity contribution in [3.05, 3.63) is 77.9 Å². The molecule has 0 saturated heterocycles. The Hall–Kier alpha value is 0.208. The zero-order valence-corrected chi connectivity index (χ0v) is 23.2. The molecule has 1 aliphatic rings. The predicted molar refractivity (Wildman–Crippen MR) is 132 cm³/mol. The van der Waals surface area contributed by atoms with Crippen molar-refractivity contribution in [1.29, 1.82) is 0 Å². The van der Waals surface area contributed by atoms with Gasteiger partial charge in [0.15, 0.2) is 6.04 Å². The summed E-state index contributed by atoms with van der Waals surface area (Å²) in [5, 5.41) is 0. The Morgan fingerprint density at radius 3 is 1.72 bits per heavy atom. The van der Waals surface area contributed by atoms with Crippen molar-refractivity contribution >= 4 is 73.8 Å². The van der Waals surface area contributed by atoms with E-state index in [9.17, 15) is 0 Å². The molecular formula is C20H22Cl6NOSb. The molecule has 2 aromatic rings. The molecule has 0 bridgehead atoms. The van der Waals surface area contributed by atoms with Crippen molar-refractivity contribution < 1.29 is 9.31 Å². The fourth-order valence-electron chi connectivity index (χ4n) is 3.01. The Kier molecular flexibility index (Phi) is 7.89. The van der Waals surface area contributed by atoms with Crippen LogP contribution in [0.2, 0.25) is 0 Å². The maximum absolute atomic E-state index is 6.10.